The summed E-state index contributed by atoms with van der Waals surface area (Å²) in [6, 6.07) is 7.99. The van der Waals surface area contributed by atoms with Crippen molar-refractivity contribution in [2.45, 2.75) is 45.4 Å². The van der Waals surface area contributed by atoms with Gasteiger partial charge in [0.1, 0.15) is 0 Å². The van der Waals surface area contributed by atoms with Crippen molar-refractivity contribution in [3.05, 3.63) is 29.8 Å². The van der Waals surface area contributed by atoms with Gasteiger partial charge in [0.05, 0.1) is 5.92 Å². The van der Waals surface area contributed by atoms with Crippen LogP contribution in [0.15, 0.2) is 24.3 Å². The normalized spacial score (nSPS) is 21.7. The lowest BCUT2D eigenvalue weighted by atomic mass is 10.1. The first-order valence-electron chi connectivity index (χ1n) is 10.1. The molecule has 5 nitrogen and oxygen atoms in total. The van der Waals surface area contributed by atoms with Crippen LogP contribution in [-0.4, -0.2) is 49.4 Å². The van der Waals surface area contributed by atoms with E-state index in [1.54, 1.807) is 4.90 Å². The van der Waals surface area contributed by atoms with Gasteiger partial charge in [-0.1, -0.05) is 38.0 Å². The van der Waals surface area contributed by atoms with Gasteiger partial charge in [-0.3, -0.25) is 9.59 Å². The van der Waals surface area contributed by atoms with Crippen molar-refractivity contribution in [1.82, 2.24) is 10.2 Å². The standard InChI is InChI=1S/C21H31N3O2/c1-2-17-9-5-6-10-19(17)24-16-18(15-20(24)25)21(26)22-11-14-23-12-7-3-4-8-13-23/h5-6,9-10,18H,2-4,7-8,11-16H2,1H3,(H,22,26). The van der Waals surface area contributed by atoms with E-state index in [1.807, 2.05) is 18.2 Å². The number of rotatable bonds is 6. The molecule has 1 unspecified atom stereocenters. The minimum absolute atomic E-state index is 0.0182. The summed E-state index contributed by atoms with van der Waals surface area (Å²) in [4.78, 5) is 29.2. The number of amides is 2. The molecule has 1 atom stereocenters. The van der Waals surface area contributed by atoms with Crippen LogP contribution in [0.1, 0.15) is 44.6 Å². The summed E-state index contributed by atoms with van der Waals surface area (Å²) in [5.74, 6) is -0.167. The maximum Gasteiger partial charge on any atom is 0.227 e. The smallest absolute Gasteiger partial charge is 0.227 e. The van der Waals surface area contributed by atoms with Crippen molar-refractivity contribution >= 4 is 17.5 Å². The Hall–Kier alpha value is -1.88. The molecule has 2 amide bonds. The Morgan fingerprint density at radius 2 is 1.88 bits per heavy atom. The number of benzene rings is 1. The lowest BCUT2D eigenvalue weighted by Gasteiger charge is -2.21. The third-order valence-corrected chi connectivity index (χ3v) is 5.59. The Morgan fingerprint density at radius 1 is 1.15 bits per heavy atom. The summed E-state index contributed by atoms with van der Waals surface area (Å²) < 4.78 is 0. The van der Waals surface area contributed by atoms with Crippen molar-refractivity contribution in [3.63, 3.8) is 0 Å². The van der Waals surface area contributed by atoms with Gasteiger partial charge in [-0.2, -0.15) is 0 Å². The molecule has 0 bridgehead atoms. The molecule has 0 radical (unpaired) electrons. The van der Waals surface area contributed by atoms with E-state index >= 15 is 0 Å². The summed E-state index contributed by atoms with van der Waals surface area (Å²) in [5.41, 5.74) is 2.11. The van der Waals surface area contributed by atoms with E-state index in [0.717, 1.165) is 37.3 Å². The van der Waals surface area contributed by atoms with E-state index in [4.69, 9.17) is 0 Å². The zero-order chi connectivity index (χ0) is 18.4. The van der Waals surface area contributed by atoms with Gasteiger partial charge < -0.3 is 15.1 Å². The molecule has 5 heteroatoms. The molecule has 3 rings (SSSR count). The summed E-state index contributed by atoms with van der Waals surface area (Å²) in [6.07, 6.45) is 6.36. The first kappa shape index (κ1) is 18.9. The lowest BCUT2D eigenvalue weighted by Crippen LogP contribution is -2.39. The van der Waals surface area contributed by atoms with Gasteiger partial charge in [-0.25, -0.2) is 0 Å². The Morgan fingerprint density at radius 3 is 2.62 bits per heavy atom. The fraction of sp³-hybridized carbons (Fsp3) is 0.619. The lowest BCUT2D eigenvalue weighted by molar-refractivity contribution is -0.126. The number of carbonyl (C=O) groups excluding carboxylic acids is 2. The van der Waals surface area contributed by atoms with E-state index in [2.05, 4.69) is 23.2 Å². The van der Waals surface area contributed by atoms with Crippen molar-refractivity contribution < 1.29 is 9.59 Å². The number of nitrogens with one attached hydrogen (secondary N) is 1. The highest BCUT2D eigenvalue weighted by Crippen LogP contribution is 2.28. The topological polar surface area (TPSA) is 52.7 Å². The number of para-hydroxylation sites is 1. The first-order chi connectivity index (χ1) is 12.7. The molecule has 2 heterocycles. The maximum absolute atomic E-state index is 12.5. The molecule has 1 aromatic rings. The van der Waals surface area contributed by atoms with Crippen LogP contribution in [0.4, 0.5) is 5.69 Å². The van der Waals surface area contributed by atoms with Crippen LogP contribution in [0.25, 0.3) is 0 Å². The quantitative estimate of drug-likeness (QED) is 0.851. The number of aryl methyl sites for hydroxylation is 1. The van der Waals surface area contributed by atoms with Crippen LogP contribution >= 0.6 is 0 Å². The third-order valence-electron chi connectivity index (χ3n) is 5.59. The molecule has 2 saturated heterocycles. The SMILES string of the molecule is CCc1ccccc1N1CC(C(=O)NCCN2CCCCCC2)CC1=O. The van der Waals surface area contributed by atoms with E-state index < -0.39 is 0 Å². The predicted molar refractivity (Wildman–Crippen MR) is 104 cm³/mol. The van der Waals surface area contributed by atoms with E-state index in [0.29, 0.717) is 19.5 Å². The Bertz CT molecular complexity index is 623. The monoisotopic (exact) mass is 357 g/mol. The predicted octanol–water partition coefficient (Wildman–Crippen LogP) is 2.59. The second-order valence-corrected chi connectivity index (χ2v) is 7.43. The van der Waals surface area contributed by atoms with Gasteiger partial charge in [0.2, 0.25) is 11.8 Å². The molecule has 1 aromatic carbocycles. The number of hydrogen-bond donors (Lipinski definition) is 1. The highest BCUT2D eigenvalue weighted by molar-refractivity contribution is 6.00. The molecule has 2 aliphatic rings. The van der Waals surface area contributed by atoms with Crippen LogP contribution in [0, 0.1) is 5.92 Å². The van der Waals surface area contributed by atoms with Gasteiger partial charge in [0.15, 0.2) is 0 Å². The summed E-state index contributed by atoms with van der Waals surface area (Å²) in [6.45, 7) is 6.44. The van der Waals surface area contributed by atoms with Gasteiger partial charge in [0, 0.05) is 31.7 Å². The van der Waals surface area contributed by atoms with Crippen LogP contribution in [0.3, 0.4) is 0 Å². The van der Waals surface area contributed by atoms with Crippen molar-refractivity contribution in [3.8, 4) is 0 Å². The van der Waals surface area contributed by atoms with Gasteiger partial charge in [-0.15, -0.1) is 0 Å². The number of nitrogens with zero attached hydrogens (tertiary/aromatic N) is 2. The van der Waals surface area contributed by atoms with Crippen LogP contribution in [0.5, 0.6) is 0 Å². The van der Waals surface area contributed by atoms with Crippen LogP contribution in [0.2, 0.25) is 0 Å². The molecule has 2 fully saturated rings. The fourth-order valence-corrected chi connectivity index (χ4v) is 4.03. The van der Waals surface area contributed by atoms with Crippen LogP contribution in [-0.2, 0) is 16.0 Å². The van der Waals surface area contributed by atoms with Crippen LogP contribution < -0.4 is 10.2 Å². The molecule has 0 aliphatic carbocycles. The molecular weight excluding hydrogens is 326 g/mol. The van der Waals surface area contributed by atoms with Gasteiger partial charge >= 0.3 is 0 Å². The molecule has 142 valence electrons. The number of carbonyl (C=O) groups is 2. The first-order valence-corrected chi connectivity index (χ1v) is 10.1. The number of hydrogen-bond acceptors (Lipinski definition) is 3. The zero-order valence-electron chi connectivity index (χ0n) is 15.9. The number of likely N-dealkylation sites (tertiary alicyclic amines) is 1. The summed E-state index contributed by atoms with van der Waals surface area (Å²) in [5, 5.41) is 3.05. The minimum atomic E-state index is -0.239. The second kappa shape index (κ2) is 9.17. The second-order valence-electron chi connectivity index (χ2n) is 7.43. The van der Waals surface area contributed by atoms with E-state index in [-0.39, 0.29) is 17.7 Å². The molecule has 2 aliphatic heterocycles. The Balaban J connectivity index is 1.50. The largest absolute Gasteiger partial charge is 0.355 e. The highest BCUT2D eigenvalue weighted by atomic mass is 16.2. The molecule has 26 heavy (non-hydrogen) atoms. The minimum Gasteiger partial charge on any atom is -0.355 e. The van der Waals surface area contributed by atoms with Crippen molar-refractivity contribution in [2.75, 3.05) is 37.6 Å². The highest BCUT2D eigenvalue weighted by Gasteiger charge is 2.35. The summed E-state index contributed by atoms with van der Waals surface area (Å²) >= 11 is 0. The maximum atomic E-state index is 12.5. The molecule has 0 aromatic heterocycles. The Kier molecular flexibility index (Phi) is 6.67. The third kappa shape index (κ3) is 4.64. The molecular formula is C21H31N3O2. The van der Waals surface area contributed by atoms with Crippen molar-refractivity contribution in [2.24, 2.45) is 5.92 Å². The summed E-state index contributed by atoms with van der Waals surface area (Å²) in [7, 11) is 0. The molecule has 0 saturated carbocycles. The molecule has 1 N–H and O–H groups in total. The molecule has 0 spiro atoms. The number of anilines is 1. The van der Waals surface area contributed by atoms with Crippen molar-refractivity contribution in [1.29, 1.82) is 0 Å². The average molecular weight is 357 g/mol. The van der Waals surface area contributed by atoms with Gasteiger partial charge in [0.25, 0.3) is 0 Å². The van der Waals surface area contributed by atoms with E-state index in [1.165, 1.54) is 25.7 Å². The van der Waals surface area contributed by atoms with Gasteiger partial charge in [-0.05, 0) is 44.0 Å². The zero-order valence-corrected chi connectivity index (χ0v) is 15.9. The fourth-order valence-electron chi connectivity index (χ4n) is 4.03. The average Bonchev–Trinajstić information content (AvgIpc) is 2.87. The Labute approximate surface area is 156 Å². The van der Waals surface area contributed by atoms with E-state index in [9.17, 15) is 9.59 Å².